The predicted molar refractivity (Wildman–Crippen MR) is 142 cm³/mol. The lowest BCUT2D eigenvalue weighted by molar-refractivity contribution is -0.133. The predicted octanol–water partition coefficient (Wildman–Crippen LogP) is 4.69. The van der Waals surface area contributed by atoms with Crippen molar-refractivity contribution in [3.05, 3.63) is 81.9 Å². The number of carbonyl (C=O) groups is 4. The van der Waals surface area contributed by atoms with Gasteiger partial charge >= 0.3 is 23.6 Å². The summed E-state index contributed by atoms with van der Waals surface area (Å²) in [7, 11) is 0. The molecule has 0 saturated heterocycles. The average Bonchev–Trinajstić information content (AvgIpc) is 2.79. The highest BCUT2D eigenvalue weighted by molar-refractivity contribution is 6.44. The van der Waals surface area contributed by atoms with Gasteiger partial charge in [-0.3, -0.25) is 19.2 Å². The first-order chi connectivity index (χ1) is 16.9. The van der Waals surface area contributed by atoms with Gasteiger partial charge in [-0.15, -0.1) is 0 Å². The highest BCUT2D eigenvalue weighted by Gasteiger charge is 2.18. The number of hydrogen-bond donors (Lipinski definition) is 4. The van der Waals surface area contributed by atoms with Gasteiger partial charge in [0.1, 0.15) is 0 Å². The van der Waals surface area contributed by atoms with Crippen LogP contribution >= 0.6 is 0 Å². The first kappa shape index (κ1) is 26.2. The zero-order valence-electron chi connectivity index (χ0n) is 21.3. The summed E-state index contributed by atoms with van der Waals surface area (Å²) in [5.41, 5.74) is 7.53. The summed E-state index contributed by atoms with van der Waals surface area (Å²) in [4.78, 5) is 49.5. The maximum absolute atomic E-state index is 12.4. The molecule has 8 heteroatoms. The van der Waals surface area contributed by atoms with E-state index in [1.165, 1.54) is 24.3 Å². The van der Waals surface area contributed by atoms with Gasteiger partial charge < -0.3 is 21.3 Å². The molecule has 0 unspecified atom stereocenters. The van der Waals surface area contributed by atoms with Gasteiger partial charge in [0.25, 0.3) is 0 Å². The third-order valence-electron chi connectivity index (χ3n) is 5.64. The standard InChI is InChI=1S/C28H30N4O4/c1-15-11-17(3)23(18(4)12-15)31-27(35)25(33)29-21-7-9-22(10-8-21)30-26(34)28(36)32-24-19(5)13-16(2)14-20(24)6/h7-14H,1-6H3,(H,29,33)(H,30,34)(H,31,35)(H,32,36). The quantitative estimate of drug-likeness (QED) is 0.400. The van der Waals surface area contributed by atoms with Crippen LogP contribution in [0.25, 0.3) is 0 Å². The third kappa shape index (κ3) is 6.35. The van der Waals surface area contributed by atoms with Crippen LogP contribution in [0.2, 0.25) is 0 Å². The van der Waals surface area contributed by atoms with Crippen LogP contribution in [0.3, 0.4) is 0 Å². The van der Waals surface area contributed by atoms with E-state index in [0.29, 0.717) is 22.7 Å². The molecule has 0 bridgehead atoms. The van der Waals surface area contributed by atoms with Crippen LogP contribution in [-0.2, 0) is 19.2 Å². The number of carbonyl (C=O) groups excluding carboxylic acids is 4. The second-order valence-electron chi connectivity index (χ2n) is 8.94. The molecule has 0 spiro atoms. The molecule has 0 aliphatic carbocycles. The summed E-state index contributed by atoms with van der Waals surface area (Å²) >= 11 is 0. The number of anilines is 4. The van der Waals surface area contributed by atoms with Crippen molar-refractivity contribution >= 4 is 46.4 Å². The number of hydrogen-bond acceptors (Lipinski definition) is 4. The van der Waals surface area contributed by atoms with Gasteiger partial charge in [-0.2, -0.15) is 0 Å². The van der Waals surface area contributed by atoms with Crippen LogP contribution in [0.1, 0.15) is 33.4 Å². The maximum atomic E-state index is 12.4. The fourth-order valence-corrected chi connectivity index (χ4v) is 4.11. The van der Waals surface area contributed by atoms with Crippen molar-refractivity contribution in [3.63, 3.8) is 0 Å². The largest absolute Gasteiger partial charge is 0.318 e. The first-order valence-electron chi connectivity index (χ1n) is 11.4. The number of amides is 4. The van der Waals surface area contributed by atoms with Crippen molar-refractivity contribution in [3.8, 4) is 0 Å². The summed E-state index contributed by atoms with van der Waals surface area (Å²) in [6.45, 7) is 11.4. The zero-order valence-corrected chi connectivity index (χ0v) is 21.3. The molecule has 0 aliphatic heterocycles. The molecule has 3 aromatic carbocycles. The molecule has 0 radical (unpaired) electrons. The molecular weight excluding hydrogens is 456 g/mol. The summed E-state index contributed by atoms with van der Waals surface area (Å²) in [6, 6.07) is 13.8. The SMILES string of the molecule is Cc1cc(C)c(NC(=O)C(=O)Nc2ccc(NC(=O)C(=O)Nc3c(C)cc(C)cc3C)cc2)c(C)c1. The van der Waals surface area contributed by atoms with E-state index >= 15 is 0 Å². The van der Waals surface area contributed by atoms with Gasteiger partial charge in [0, 0.05) is 22.7 Å². The van der Waals surface area contributed by atoms with Gasteiger partial charge in [0.05, 0.1) is 0 Å². The lowest BCUT2D eigenvalue weighted by atomic mass is 10.1. The maximum Gasteiger partial charge on any atom is 0.314 e. The Bertz CT molecular complexity index is 1210. The fraction of sp³-hybridized carbons (Fsp3) is 0.214. The number of aryl methyl sites for hydroxylation is 6. The minimum Gasteiger partial charge on any atom is -0.318 e. The molecule has 4 N–H and O–H groups in total. The van der Waals surface area contributed by atoms with Crippen molar-refractivity contribution in [1.82, 2.24) is 0 Å². The fourth-order valence-electron chi connectivity index (χ4n) is 4.11. The Morgan fingerprint density at radius 2 is 0.694 bits per heavy atom. The molecule has 3 aromatic rings. The molecule has 36 heavy (non-hydrogen) atoms. The summed E-state index contributed by atoms with van der Waals surface area (Å²) in [6.07, 6.45) is 0. The minimum absolute atomic E-state index is 0.362. The molecule has 0 saturated carbocycles. The second-order valence-corrected chi connectivity index (χ2v) is 8.94. The molecule has 3 rings (SSSR count). The van der Waals surface area contributed by atoms with E-state index in [1.54, 1.807) is 0 Å². The molecule has 0 heterocycles. The average molecular weight is 487 g/mol. The van der Waals surface area contributed by atoms with Gasteiger partial charge in [-0.1, -0.05) is 35.4 Å². The number of benzene rings is 3. The van der Waals surface area contributed by atoms with E-state index in [0.717, 1.165) is 33.4 Å². The van der Waals surface area contributed by atoms with E-state index in [2.05, 4.69) is 21.3 Å². The Balaban J connectivity index is 1.58. The van der Waals surface area contributed by atoms with E-state index < -0.39 is 23.6 Å². The van der Waals surface area contributed by atoms with Gasteiger partial charge in [0.15, 0.2) is 0 Å². The van der Waals surface area contributed by atoms with E-state index in [1.807, 2.05) is 65.8 Å². The van der Waals surface area contributed by atoms with Gasteiger partial charge in [0.2, 0.25) is 0 Å². The van der Waals surface area contributed by atoms with Crippen LogP contribution < -0.4 is 21.3 Å². The van der Waals surface area contributed by atoms with Crippen molar-refractivity contribution in [2.45, 2.75) is 41.5 Å². The van der Waals surface area contributed by atoms with Crippen molar-refractivity contribution in [2.24, 2.45) is 0 Å². The Morgan fingerprint density at radius 1 is 0.444 bits per heavy atom. The highest BCUT2D eigenvalue weighted by atomic mass is 16.2. The van der Waals surface area contributed by atoms with Gasteiger partial charge in [-0.25, -0.2) is 0 Å². The van der Waals surface area contributed by atoms with Crippen molar-refractivity contribution in [2.75, 3.05) is 21.3 Å². The van der Waals surface area contributed by atoms with E-state index in [4.69, 9.17) is 0 Å². The van der Waals surface area contributed by atoms with E-state index in [9.17, 15) is 19.2 Å². The van der Waals surface area contributed by atoms with Gasteiger partial charge in [-0.05, 0) is 88.1 Å². The molecule has 0 fully saturated rings. The molecule has 8 nitrogen and oxygen atoms in total. The van der Waals surface area contributed by atoms with Crippen LogP contribution in [0, 0.1) is 41.5 Å². The lowest BCUT2D eigenvalue weighted by Crippen LogP contribution is -2.30. The smallest absolute Gasteiger partial charge is 0.314 e. The Kier molecular flexibility index (Phi) is 7.89. The van der Waals surface area contributed by atoms with Crippen LogP contribution in [-0.4, -0.2) is 23.6 Å². The van der Waals surface area contributed by atoms with Crippen LogP contribution in [0.5, 0.6) is 0 Å². The second kappa shape index (κ2) is 10.9. The topological polar surface area (TPSA) is 116 Å². The number of nitrogens with one attached hydrogen (secondary N) is 4. The summed E-state index contributed by atoms with van der Waals surface area (Å²) in [5, 5.41) is 10.4. The third-order valence-corrected chi connectivity index (χ3v) is 5.64. The normalized spacial score (nSPS) is 10.4. The molecule has 186 valence electrons. The summed E-state index contributed by atoms with van der Waals surface area (Å²) in [5.74, 6) is -3.23. The molecule has 0 atom stereocenters. The molecular formula is C28H30N4O4. The van der Waals surface area contributed by atoms with Crippen LogP contribution in [0.4, 0.5) is 22.7 Å². The highest BCUT2D eigenvalue weighted by Crippen LogP contribution is 2.23. The van der Waals surface area contributed by atoms with Crippen molar-refractivity contribution in [1.29, 1.82) is 0 Å². The molecule has 0 aliphatic rings. The van der Waals surface area contributed by atoms with Crippen molar-refractivity contribution < 1.29 is 19.2 Å². The van der Waals surface area contributed by atoms with E-state index in [-0.39, 0.29) is 0 Å². The zero-order chi connectivity index (χ0) is 26.6. The molecule has 0 aromatic heterocycles. The Labute approximate surface area is 210 Å². The Hall–Kier alpha value is -4.46. The number of rotatable bonds is 4. The summed E-state index contributed by atoms with van der Waals surface area (Å²) < 4.78 is 0. The van der Waals surface area contributed by atoms with Crippen LogP contribution in [0.15, 0.2) is 48.5 Å². The lowest BCUT2D eigenvalue weighted by Gasteiger charge is -2.13. The Morgan fingerprint density at radius 3 is 0.972 bits per heavy atom. The first-order valence-corrected chi connectivity index (χ1v) is 11.4. The molecule has 4 amide bonds. The monoisotopic (exact) mass is 486 g/mol. The minimum atomic E-state index is -0.825.